The van der Waals surface area contributed by atoms with Gasteiger partial charge in [0, 0.05) is 25.3 Å². The third kappa shape index (κ3) is 5.64. The van der Waals surface area contributed by atoms with Crippen LogP contribution in [0.3, 0.4) is 0 Å². The van der Waals surface area contributed by atoms with E-state index in [1.54, 1.807) is 30.3 Å². The largest absolute Gasteiger partial charge is 0.479 e. The Labute approximate surface area is 195 Å². The lowest BCUT2D eigenvalue weighted by Crippen LogP contribution is -2.17. The highest BCUT2D eigenvalue weighted by atomic mass is 79.9. The number of aromatic nitrogens is 2. The van der Waals surface area contributed by atoms with Crippen molar-refractivity contribution in [1.29, 1.82) is 0 Å². The Kier molecular flexibility index (Phi) is 7.07. The van der Waals surface area contributed by atoms with Crippen LogP contribution in [0.4, 0.5) is 4.39 Å². The molecule has 0 radical (unpaired) electrons. The van der Waals surface area contributed by atoms with Crippen molar-refractivity contribution >= 4 is 58.7 Å². The molecule has 1 atom stereocenters. The van der Waals surface area contributed by atoms with Gasteiger partial charge >= 0.3 is 5.97 Å². The number of imidazole rings is 1. The molecule has 1 unspecified atom stereocenters. The number of carboxylic acid groups (broad SMARTS) is 1. The molecule has 0 fully saturated rings. The van der Waals surface area contributed by atoms with Crippen LogP contribution in [-0.4, -0.2) is 41.5 Å². The minimum Gasteiger partial charge on any atom is -0.479 e. The second-order valence-electron chi connectivity index (χ2n) is 6.99. The zero-order valence-corrected chi connectivity index (χ0v) is 20.6. The van der Waals surface area contributed by atoms with Crippen molar-refractivity contribution in [2.45, 2.75) is 31.8 Å². The Hall–Kier alpha value is -1.98. The lowest BCUT2D eigenvalue weighted by molar-refractivity contribution is -0.142. The van der Waals surface area contributed by atoms with Gasteiger partial charge < -0.3 is 14.4 Å². The van der Waals surface area contributed by atoms with Gasteiger partial charge in [0.1, 0.15) is 17.3 Å². The van der Waals surface area contributed by atoms with E-state index in [2.05, 4.69) is 36.8 Å². The summed E-state index contributed by atoms with van der Waals surface area (Å²) in [4.78, 5) is 15.2. The monoisotopic (exact) mass is 576 g/mol. The van der Waals surface area contributed by atoms with Crippen LogP contribution in [0, 0.1) is 0 Å². The number of fused-ring (bicyclic) bond motifs is 1. The SMILES string of the molecule is CCn1c(CS(C)(=O)=O)nc2ccc(Oc3c(Br)cc(CC(F)C(=O)O)cc3Br)cc21. The number of hydrogen-bond donors (Lipinski definition) is 1. The first-order chi connectivity index (χ1) is 14.5. The normalized spacial score (nSPS) is 12.8. The maximum atomic E-state index is 13.5. The molecule has 2 aromatic carbocycles. The van der Waals surface area contributed by atoms with E-state index >= 15 is 0 Å². The number of benzene rings is 2. The summed E-state index contributed by atoms with van der Waals surface area (Å²) in [5, 5.41) is 8.76. The van der Waals surface area contributed by atoms with Crippen molar-refractivity contribution in [3.05, 3.63) is 50.7 Å². The first-order valence-electron chi connectivity index (χ1n) is 9.18. The minimum atomic E-state index is -3.24. The fourth-order valence-corrected chi connectivity index (χ4v) is 5.29. The molecule has 1 aromatic heterocycles. The molecule has 0 aliphatic heterocycles. The van der Waals surface area contributed by atoms with Crippen molar-refractivity contribution in [1.82, 2.24) is 9.55 Å². The summed E-state index contributed by atoms with van der Waals surface area (Å²) < 4.78 is 45.8. The molecule has 0 saturated heterocycles. The number of nitrogens with zero attached hydrogens (tertiary/aromatic N) is 2. The van der Waals surface area contributed by atoms with Gasteiger partial charge in [0.2, 0.25) is 6.17 Å². The second-order valence-corrected chi connectivity index (χ2v) is 10.8. The fraction of sp³-hybridized carbons (Fsp3) is 0.300. The molecule has 7 nitrogen and oxygen atoms in total. The highest BCUT2D eigenvalue weighted by molar-refractivity contribution is 9.11. The van der Waals surface area contributed by atoms with E-state index in [-0.39, 0.29) is 12.2 Å². The Bertz CT molecular complexity index is 1240. The number of aryl methyl sites for hydroxylation is 1. The molecule has 166 valence electrons. The summed E-state index contributed by atoms with van der Waals surface area (Å²) in [7, 11) is -3.24. The number of carboxylic acids is 1. The van der Waals surface area contributed by atoms with Gasteiger partial charge in [0.25, 0.3) is 0 Å². The summed E-state index contributed by atoms with van der Waals surface area (Å²) >= 11 is 6.78. The number of alkyl halides is 1. The van der Waals surface area contributed by atoms with E-state index < -0.39 is 22.0 Å². The molecule has 3 rings (SSSR count). The number of aliphatic carboxylic acids is 1. The molecule has 0 bridgehead atoms. The molecule has 11 heteroatoms. The molecule has 0 spiro atoms. The summed E-state index contributed by atoms with van der Waals surface area (Å²) in [5.74, 6) is -0.272. The predicted octanol–water partition coefficient (Wildman–Crippen LogP) is 4.88. The number of carbonyl (C=O) groups is 1. The van der Waals surface area contributed by atoms with Crippen LogP contribution in [0.1, 0.15) is 18.3 Å². The number of halogens is 3. The summed E-state index contributed by atoms with van der Waals surface area (Å²) in [6.45, 7) is 2.45. The van der Waals surface area contributed by atoms with Crippen molar-refractivity contribution in [2.75, 3.05) is 6.26 Å². The van der Waals surface area contributed by atoms with Crippen LogP contribution in [0.15, 0.2) is 39.3 Å². The summed E-state index contributed by atoms with van der Waals surface area (Å²) in [5.41, 5.74) is 1.89. The molecular weight excluding hydrogens is 559 g/mol. The van der Waals surface area contributed by atoms with Crippen LogP contribution in [0.2, 0.25) is 0 Å². The zero-order chi connectivity index (χ0) is 22.9. The molecule has 0 saturated carbocycles. The average Bonchev–Trinajstić information content (AvgIpc) is 2.98. The minimum absolute atomic E-state index is 0.157. The van der Waals surface area contributed by atoms with Crippen molar-refractivity contribution < 1.29 is 27.4 Å². The first-order valence-corrected chi connectivity index (χ1v) is 12.8. The van der Waals surface area contributed by atoms with E-state index in [0.29, 0.717) is 43.9 Å². The predicted molar refractivity (Wildman–Crippen MR) is 122 cm³/mol. The van der Waals surface area contributed by atoms with Crippen LogP contribution in [-0.2, 0) is 33.4 Å². The zero-order valence-electron chi connectivity index (χ0n) is 16.6. The van der Waals surface area contributed by atoms with Gasteiger partial charge in [-0.25, -0.2) is 22.6 Å². The maximum absolute atomic E-state index is 13.5. The summed E-state index contributed by atoms with van der Waals surface area (Å²) in [6.07, 6.45) is -1.10. The maximum Gasteiger partial charge on any atom is 0.338 e. The van der Waals surface area contributed by atoms with Gasteiger partial charge in [-0.05, 0) is 68.6 Å². The number of ether oxygens (including phenoxy) is 1. The third-order valence-corrected chi connectivity index (χ3v) is 6.43. The smallest absolute Gasteiger partial charge is 0.338 e. The molecule has 0 amide bonds. The highest BCUT2D eigenvalue weighted by Crippen LogP contribution is 2.39. The molecule has 1 heterocycles. The van der Waals surface area contributed by atoms with E-state index in [1.807, 2.05) is 11.5 Å². The van der Waals surface area contributed by atoms with Crippen molar-refractivity contribution in [3.8, 4) is 11.5 Å². The van der Waals surface area contributed by atoms with E-state index in [9.17, 15) is 17.6 Å². The number of hydrogen-bond acceptors (Lipinski definition) is 5. The van der Waals surface area contributed by atoms with Gasteiger partial charge in [0.15, 0.2) is 15.6 Å². The Morgan fingerprint density at radius 3 is 2.45 bits per heavy atom. The first kappa shape index (κ1) is 23.7. The van der Waals surface area contributed by atoms with Crippen LogP contribution < -0.4 is 4.74 Å². The molecular formula is C20H19Br2FN2O5S. The third-order valence-electron chi connectivity index (χ3n) is 4.47. The Morgan fingerprint density at radius 1 is 1.26 bits per heavy atom. The average molecular weight is 578 g/mol. The van der Waals surface area contributed by atoms with Crippen LogP contribution in [0.25, 0.3) is 11.0 Å². The number of sulfone groups is 1. The van der Waals surface area contributed by atoms with Gasteiger partial charge in [-0.1, -0.05) is 0 Å². The fourth-order valence-electron chi connectivity index (χ4n) is 3.15. The van der Waals surface area contributed by atoms with E-state index in [0.717, 1.165) is 5.52 Å². The molecule has 31 heavy (non-hydrogen) atoms. The topological polar surface area (TPSA) is 98.5 Å². The lowest BCUT2D eigenvalue weighted by atomic mass is 10.1. The Morgan fingerprint density at radius 2 is 1.90 bits per heavy atom. The van der Waals surface area contributed by atoms with E-state index in [1.165, 1.54) is 6.26 Å². The van der Waals surface area contributed by atoms with Gasteiger partial charge in [-0.2, -0.15) is 0 Å². The highest BCUT2D eigenvalue weighted by Gasteiger charge is 2.19. The Balaban J connectivity index is 1.93. The molecule has 1 N–H and O–H groups in total. The van der Waals surface area contributed by atoms with Gasteiger partial charge in [-0.3, -0.25) is 0 Å². The molecule has 3 aromatic rings. The second kappa shape index (κ2) is 9.25. The van der Waals surface area contributed by atoms with Crippen LogP contribution in [0.5, 0.6) is 11.5 Å². The summed E-state index contributed by atoms with van der Waals surface area (Å²) in [6, 6.07) is 8.45. The van der Waals surface area contributed by atoms with Crippen LogP contribution >= 0.6 is 31.9 Å². The van der Waals surface area contributed by atoms with E-state index in [4.69, 9.17) is 9.84 Å². The lowest BCUT2D eigenvalue weighted by Gasteiger charge is -2.13. The quantitative estimate of drug-likeness (QED) is 0.409. The molecule has 0 aliphatic carbocycles. The number of rotatable bonds is 8. The van der Waals surface area contributed by atoms with Crippen molar-refractivity contribution in [2.24, 2.45) is 0 Å². The van der Waals surface area contributed by atoms with Gasteiger partial charge in [-0.15, -0.1) is 0 Å². The standard InChI is InChI=1S/C20H19Br2FN2O5S/c1-3-25-17-9-12(4-5-16(17)24-18(25)10-31(2,28)29)30-19-13(21)6-11(7-14(19)22)8-15(23)20(26)27/h4-7,9,15H,3,8,10H2,1-2H3,(H,26,27). The molecule has 0 aliphatic rings. The van der Waals surface area contributed by atoms with Gasteiger partial charge in [0.05, 0.1) is 20.0 Å². The van der Waals surface area contributed by atoms with Crippen molar-refractivity contribution in [3.63, 3.8) is 0 Å².